The molecule has 1 saturated heterocycles. The summed E-state index contributed by atoms with van der Waals surface area (Å²) in [4.78, 5) is 26.2. The van der Waals surface area contributed by atoms with Crippen molar-refractivity contribution in [1.29, 1.82) is 0 Å². The van der Waals surface area contributed by atoms with E-state index in [4.69, 9.17) is 0 Å². The van der Waals surface area contributed by atoms with Crippen LogP contribution in [0, 0.1) is 5.92 Å². The third-order valence-corrected chi connectivity index (χ3v) is 4.15. The number of para-hydroxylation sites is 1. The minimum atomic E-state index is -0.327. The molecule has 1 N–H and O–H groups in total. The molecule has 0 bridgehead atoms. The fraction of sp³-hybridized carbons (Fsp3) is 0.176. The number of halogens is 1. The van der Waals surface area contributed by atoms with Crippen molar-refractivity contribution < 1.29 is 9.59 Å². The summed E-state index contributed by atoms with van der Waals surface area (Å²) in [7, 11) is 0. The van der Waals surface area contributed by atoms with Crippen LogP contribution in [-0.4, -0.2) is 18.4 Å². The van der Waals surface area contributed by atoms with Crippen LogP contribution in [0.4, 0.5) is 11.4 Å². The number of rotatable bonds is 3. The van der Waals surface area contributed by atoms with Crippen molar-refractivity contribution in [1.82, 2.24) is 0 Å². The van der Waals surface area contributed by atoms with E-state index in [2.05, 4.69) is 21.2 Å². The molecule has 1 fully saturated rings. The Kier molecular flexibility index (Phi) is 4.24. The maximum atomic E-state index is 12.3. The van der Waals surface area contributed by atoms with Crippen molar-refractivity contribution in [3.05, 3.63) is 59.1 Å². The van der Waals surface area contributed by atoms with Gasteiger partial charge in [-0.1, -0.05) is 40.2 Å². The third kappa shape index (κ3) is 3.20. The second-order valence-electron chi connectivity index (χ2n) is 5.24. The molecule has 2 amide bonds. The Hall–Kier alpha value is -2.14. The predicted molar refractivity (Wildman–Crippen MR) is 89.7 cm³/mol. The van der Waals surface area contributed by atoms with E-state index in [1.165, 1.54) is 0 Å². The summed E-state index contributed by atoms with van der Waals surface area (Å²) in [6, 6.07) is 16.8. The van der Waals surface area contributed by atoms with Gasteiger partial charge in [0.1, 0.15) is 0 Å². The number of hydrogen-bond donors (Lipinski definition) is 1. The molecule has 3 rings (SSSR count). The predicted octanol–water partition coefficient (Wildman–Crippen LogP) is 3.44. The molecule has 112 valence electrons. The summed E-state index contributed by atoms with van der Waals surface area (Å²) in [6.07, 6.45) is 0.241. The molecular weight excluding hydrogens is 344 g/mol. The van der Waals surface area contributed by atoms with Crippen LogP contribution in [-0.2, 0) is 9.59 Å². The van der Waals surface area contributed by atoms with Crippen LogP contribution in [0.25, 0.3) is 0 Å². The average molecular weight is 359 g/mol. The summed E-state index contributed by atoms with van der Waals surface area (Å²) in [6.45, 7) is 0.411. The summed E-state index contributed by atoms with van der Waals surface area (Å²) in [5.74, 6) is -0.463. The number of anilines is 2. The fourth-order valence-electron chi connectivity index (χ4n) is 2.54. The number of amides is 2. The van der Waals surface area contributed by atoms with E-state index in [1.807, 2.05) is 54.6 Å². The lowest BCUT2D eigenvalue weighted by molar-refractivity contribution is -0.122. The van der Waals surface area contributed by atoms with E-state index in [9.17, 15) is 9.59 Å². The zero-order chi connectivity index (χ0) is 15.5. The fourth-order valence-corrected chi connectivity index (χ4v) is 2.93. The zero-order valence-electron chi connectivity index (χ0n) is 11.8. The second kappa shape index (κ2) is 6.32. The Bertz CT molecular complexity index is 703. The molecule has 1 heterocycles. The van der Waals surface area contributed by atoms with E-state index in [0.717, 1.165) is 15.8 Å². The first kappa shape index (κ1) is 14.8. The van der Waals surface area contributed by atoms with Gasteiger partial charge < -0.3 is 10.2 Å². The van der Waals surface area contributed by atoms with Crippen molar-refractivity contribution in [3.8, 4) is 0 Å². The molecule has 1 unspecified atom stereocenters. The van der Waals surface area contributed by atoms with Gasteiger partial charge in [0.25, 0.3) is 0 Å². The molecule has 1 atom stereocenters. The Labute approximate surface area is 137 Å². The SMILES string of the molecule is O=C(Nc1ccccc1)C1CC(=O)N(c2cccc(Br)c2)C1. The van der Waals surface area contributed by atoms with Gasteiger partial charge in [-0.3, -0.25) is 9.59 Å². The molecule has 2 aromatic carbocycles. The van der Waals surface area contributed by atoms with Crippen molar-refractivity contribution >= 4 is 39.1 Å². The molecule has 0 spiro atoms. The van der Waals surface area contributed by atoms with Crippen molar-refractivity contribution in [2.75, 3.05) is 16.8 Å². The van der Waals surface area contributed by atoms with Crippen LogP contribution >= 0.6 is 15.9 Å². The molecule has 4 nitrogen and oxygen atoms in total. The van der Waals surface area contributed by atoms with E-state index in [-0.39, 0.29) is 24.2 Å². The monoisotopic (exact) mass is 358 g/mol. The maximum absolute atomic E-state index is 12.3. The molecule has 0 saturated carbocycles. The highest BCUT2D eigenvalue weighted by Gasteiger charge is 2.35. The molecule has 0 aliphatic carbocycles. The van der Waals surface area contributed by atoms with E-state index >= 15 is 0 Å². The van der Waals surface area contributed by atoms with Crippen molar-refractivity contribution in [3.63, 3.8) is 0 Å². The second-order valence-corrected chi connectivity index (χ2v) is 6.16. The molecular formula is C17H15BrN2O2. The van der Waals surface area contributed by atoms with Crippen LogP contribution in [0.2, 0.25) is 0 Å². The highest BCUT2D eigenvalue weighted by molar-refractivity contribution is 9.10. The molecule has 22 heavy (non-hydrogen) atoms. The number of carbonyl (C=O) groups is 2. The summed E-state index contributed by atoms with van der Waals surface area (Å²) in [5.41, 5.74) is 1.57. The topological polar surface area (TPSA) is 49.4 Å². The highest BCUT2D eigenvalue weighted by atomic mass is 79.9. The lowest BCUT2D eigenvalue weighted by atomic mass is 10.1. The van der Waals surface area contributed by atoms with Gasteiger partial charge in [-0.15, -0.1) is 0 Å². The highest BCUT2D eigenvalue weighted by Crippen LogP contribution is 2.27. The van der Waals surface area contributed by atoms with Gasteiger partial charge in [0.05, 0.1) is 5.92 Å². The van der Waals surface area contributed by atoms with Gasteiger partial charge in [-0.2, -0.15) is 0 Å². The Morgan fingerprint density at radius 1 is 1.14 bits per heavy atom. The summed E-state index contributed by atoms with van der Waals surface area (Å²) < 4.78 is 0.912. The number of benzene rings is 2. The van der Waals surface area contributed by atoms with E-state index in [1.54, 1.807) is 4.90 Å². The Balaban J connectivity index is 1.70. The van der Waals surface area contributed by atoms with E-state index in [0.29, 0.717) is 6.54 Å². The van der Waals surface area contributed by atoms with Crippen LogP contribution in [0.5, 0.6) is 0 Å². The van der Waals surface area contributed by atoms with Gasteiger partial charge in [0.2, 0.25) is 11.8 Å². The van der Waals surface area contributed by atoms with Crippen LogP contribution < -0.4 is 10.2 Å². The van der Waals surface area contributed by atoms with E-state index < -0.39 is 0 Å². The van der Waals surface area contributed by atoms with Gasteiger partial charge in [-0.25, -0.2) is 0 Å². The molecule has 5 heteroatoms. The van der Waals surface area contributed by atoms with Crippen LogP contribution in [0.1, 0.15) is 6.42 Å². The largest absolute Gasteiger partial charge is 0.326 e. The lowest BCUT2D eigenvalue weighted by Crippen LogP contribution is -2.28. The summed E-state index contributed by atoms with van der Waals surface area (Å²) >= 11 is 3.40. The first-order chi connectivity index (χ1) is 10.6. The molecule has 2 aromatic rings. The van der Waals surface area contributed by atoms with Gasteiger partial charge >= 0.3 is 0 Å². The van der Waals surface area contributed by atoms with Crippen molar-refractivity contribution in [2.45, 2.75) is 6.42 Å². The van der Waals surface area contributed by atoms with Gasteiger partial charge in [0, 0.05) is 28.8 Å². The van der Waals surface area contributed by atoms with Crippen LogP contribution in [0.3, 0.4) is 0 Å². The standard InChI is InChI=1S/C17H15BrN2O2/c18-13-5-4-8-15(10-13)20-11-12(9-16(20)21)17(22)19-14-6-2-1-3-7-14/h1-8,10,12H,9,11H2,(H,19,22). The molecule has 1 aliphatic rings. The average Bonchev–Trinajstić information content (AvgIpc) is 2.90. The van der Waals surface area contributed by atoms with Gasteiger partial charge in [0.15, 0.2) is 0 Å². The summed E-state index contributed by atoms with van der Waals surface area (Å²) in [5, 5.41) is 2.86. The molecule has 0 radical (unpaired) electrons. The normalized spacial score (nSPS) is 17.6. The zero-order valence-corrected chi connectivity index (χ0v) is 13.4. The third-order valence-electron chi connectivity index (χ3n) is 3.66. The Morgan fingerprint density at radius 3 is 2.64 bits per heavy atom. The minimum Gasteiger partial charge on any atom is -0.326 e. The smallest absolute Gasteiger partial charge is 0.229 e. The minimum absolute atomic E-state index is 0.0219. The number of hydrogen-bond acceptors (Lipinski definition) is 2. The maximum Gasteiger partial charge on any atom is 0.229 e. The number of nitrogens with zero attached hydrogens (tertiary/aromatic N) is 1. The Morgan fingerprint density at radius 2 is 1.91 bits per heavy atom. The first-order valence-corrected chi connectivity index (χ1v) is 7.84. The molecule has 0 aromatic heterocycles. The quantitative estimate of drug-likeness (QED) is 0.913. The number of nitrogens with one attached hydrogen (secondary N) is 1. The number of carbonyl (C=O) groups excluding carboxylic acids is 2. The first-order valence-electron chi connectivity index (χ1n) is 7.05. The molecule has 1 aliphatic heterocycles. The van der Waals surface area contributed by atoms with Crippen LogP contribution in [0.15, 0.2) is 59.1 Å². The van der Waals surface area contributed by atoms with Gasteiger partial charge in [-0.05, 0) is 30.3 Å². The lowest BCUT2D eigenvalue weighted by Gasteiger charge is -2.17. The van der Waals surface area contributed by atoms with Crippen molar-refractivity contribution in [2.24, 2.45) is 5.92 Å².